The van der Waals surface area contributed by atoms with Crippen molar-refractivity contribution in [1.82, 2.24) is 4.90 Å². The van der Waals surface area contributed by atoms with Crippen molar-refractivity contribution in [2.24, 2.45) is 11.8 Å². The zero-order chi connectivity index (χ0) is 10.8. The minimum absolute atomic E-state index is 0.0466. The van der Waals surface area contributed by atoms with Crippen LogP contribution >= 0.6 is 0 Å². The average molecular weight is 209 g/mol. The van der Waals surface area contributed by atoms with Gasteiger partial charge in [0.2, 0.25) is 5.91 Å². The second kappa shape index (κ2) is 4.33. The third-order valence-corrected chi connectivity index (χ3v) is 3.86. The number of Topliss-reactive ketones (excluding diaryl/α,β-unsaturated/α-hetero) is 1. The number of rotatable bonds is 2. The number of nitrogens with zero attached hydrogens (tertiary/aromatic N) is 1. The molecule has 0 aromatic heterocycles. The van der Waals surface area contributed by atoms with Gasteiger partial charge in [-0.25, -0.2) is 0 Å². The van der Waals surface area contributed by atoms with Crippen molar-refractivity contribution < 1.29 is 9.59 Å². The van der Waals surface area contributed by atoms with E-state index in [-0.39, 0.29) is 18.1 Å². The predicted molar refractivity (Wildman–Crippen MR) is 57.3 cm³/mol. The van der Waals surface area contributed by atoms with Gasteiger partial charge < -0.3 is 4.90 Å². The van der Waals surface area contributed by atoms with Gasteiger partial charge in [-0.1, -0.05) is 19.8 Å². The molecule has 84 valence electrons. The third-order valence-electron chi connectivity index (χ3n) is 3.86. The fourth-order valence-electron chi connectivity index (χ4n) is 2.72. The molecule has 0 aromatic carbocycles. The Morgan fingerprint density at radius 1 is 1.33 bits per heavy atom. The number of amides is 1. The van der Waals surface area contributed by atoms with Crippen LogP contribution in [0.2, 0.25) is 0 Å². The van der Waals surface area contributed by atoms with Gasteiger partial charge in [-0.05, 0) is 18.3 Å². The topological polar surface area (TPSA) is 37.4 Å². The van der Waals surface area contributed by atoms with E-state index in [4.69, 9.17) is 0 Å². The molecule has 0 radical (unpaired) electrons. The summed E-state index contributed by atoms with van der Waals surface area (Å²) in [5.74, 6) is 1.57. The Labute approximate surface area is 90.8 Å². The molecule has 1 heterocycles. The molecule has 2 unspecified atom stereocenters. The Morgan fingerprint density at radius 2 is 2.13 bits per heavy atom. The number of carbonyl (C=O) groups is 2. The largest absolute Gasteiger partial charge is 0.342 e. The maximum atomic E-state index is 11.6. The molecule has 2 rings (SSSR count). The lowest BCUT2D eigenvalue weighted by Crippen LogP contribution is -2.42. The van der Waals surface area contributed by atoms with Gasteiger partial charge in [0.1, 0.15) is 5.78 Å². The van der Waals surface area contributed by atoms with Crippen LogP contribution in [0.5, 0.6) is 0 Å². The van der Waals surface area contributed by atoms with Gasteiger partial charge >= 0.3 is 0 Å². The molecule has 1 saturated heterocycles. The van der Waals surface area contributed by atoms with Gasteiger partial charge in [0.05, 0.1) is 6.42 Å². The highest BCUT2D eigenvalue weighted by Gasteiger charge is 2.30. The summed E-state index contributed by atoms with van der Waals surface area (Å²) in [6, 6.07) is 0. The summed E-state index contributed by atoms with van der Waals surface area (Å²) >= 11 is 0. The Balaban J connectivity index is 1.88. The quantitative estimate of drug-likeness (QED) is 0.648. The molecular formula is C12H19NO2. The zero-order valence-electron chi connectivity index (χ0n) is 9.37. The van der Waals surface area contributed by atoms with Crippen LogP contribution in [0.25, 0.3) is 0 Å². The van der Waals surface area contributed by atoms with E-state index in [2.05, 4.69) is 6.92 Å². The molecule has 1 saturated carbocycles. The summed E-state index contributed by atoms with van der Waals surface area (Å²) in [5.41, 5.74) is 0. The zero-order valence-corrected chi connectivity index (χ0v) is 9.37. The average Bonchev–Trinajstić information content (AvgIpc) is 2.57. The maximum absolute atomic E-state index is 11.6. The molecule has 3 heteroatoms. The smallest absolute Gasteiger partial charge is 0.230 e. The molecule has 1 aliphatic carbocycles. The summed E-state index contributed by atoms with van der Waals surface area (Å²) < 4.78 is 0. The van der Waals surface area contributed by atoms with Gasteiger partial charge in [0, 0.05) is 19.5 Å². The van der Waals surface area contributed by atoms with Crippen LogP contribution in [0.4, 0.5) is 0 Å². The molecule has 1 amide bonds. The van der Waals surface area contributed by atoms with Gasteiger partial charge in [0.15, 0.2) is 0 Å². The van der Waals surface area contributed by atoms with Crippen molar-refractivity contribution in [1.29, 1.82) is 0 Å². The number of piperidine rings is 1. The van der Waals surface area contributed by atoms with Crippen LogP contribution in [0.3, 0.4) is 0 Å². The van der Waals surface area contributed by atoms with E-state index in [1.165, 1.54) is 19.3 Å². The molecule has 2 fully saturated rings. The molecule has 2 atom stereocenters. The van der Waals surface area contributed by atoms with Crippen molar-refractivity contribution in [3.05, 3.63) is 0 Å². The first-order valence-corrected chi connectivity index (χ1v) is 5.96. The van der Waals surface area contributed by atoms with E-state index in [1.807, 2.05) is 4.90 Å². The Bertz CT molecular complexity index is 275. The first-order chi connectivity index (χ1) is 7.16. The van der Waals surface area contributed by atoms with E-state index in [1.54, 1.807) is 0 Å². The van der Waals surface area contributed by atoms with Gasteiger partial charge in [-0.15, -0.1) is 0 Å². The summed E-state index contributed by atoms with van der Waals surface area (Å²) in [5, 5.41) is 0. The number of likely N-dealkylation sites (tertiary alicyclic amines) is 1. The minimum atomic E-state index is 0.0466. The van der Waals surface area contributed by atoms with Crippen LogP contribution in [0.15, 0.2) is 0 Å². The Kier molecular flexibility index (Phi) is 3.08. The fourth-order valence-corrected chi connectivity index (χ4v) is 2.72. The third kappa shape index (κ3) is 2.39. The summed E-state index contributed by atoms with van der Waals surface area (Å²) in [6.07, 6.45) is 4.55. The summed E-state index contributed by atoms with van der Waals surface area (Å²) in [4.78, 5) is 24.6. The van der Waals surface area contributed by atoms with E-state index in [0.717, 1.165) is 12.5 Å². The lowest BCUT2D eigenvalue weighted by Gasteiger charge is -2.30. The maximum Gasteiger partial charge on any atom is 0.230 e. The van der Waals surface area contributed by atoms with Crippen LogP contribution in [-0.4, -0.2) is 29.7 Å². The Hall–Kier alpha value is -0.860. The summed E-state index contributed by atoms with van der Waals surface area (Å²) in [6.45, 7) is 3.81. The highest BCUT2D eigenvalue weighted by Crippen LogP contribution is 2.32. The van der Waals surface area contributed by atoms with Crippen molar-refractivity contribution in [3.8, 4) is 0 Å². The number of hydrogen-bond donors (Lipinski definition) is 0. The van der Waals surface area contributed by atoms with Crippen LogP contribution < -0.4 is 0 Å². The molecule has 2 aliphatic rings. The number of carbonyl (C=O) groups excluding carboxylic acids is 2. The lowest BCUT2D eigenvalue weighted by atomic mass is 9.96. The highest BCUT2D eigenvalue weighted by molar-refractivity contribution is 6.00. The molecular weight excluding hydrogens is 190 g/mol. The second-order valence-corrected chi connectivity index (χ2v) is 4.97. The fraction of sp³-hybridized carbons (Fsp3) is 0.833. The lowest BCUT2D eigenvalue weighted by molar-refractivity contribution is -0.140. The number of hydrogen-bond acceptors (Lipinski definition) is 2. The van der Waals surface area contributed by atoms with Crippen molar-refractivity contribution >= 4 is 11.7 Å². The highest BCUT2D eigenvalue weighted by atomic mass is 16.2. The van der Waals surface area contributed by atoms with Crippen LogP contribution in [-0.2, 0) is 9.59 Å². The first-order valence-electron chi connectivity index (χ1n) is 5.96. The van der Waals surface area contributed by atoms with Crippen LogP contribution in [0.1, 0.15) is 39.0 Å². The summed E-state index contributed by atoms with van der Waals surface area (Å²) in [7, 11) is 0. The first kappa shape index (κ1) is 10.7. The van der Waals surface area contributed by atoms with Gasteiger partial charge in [0.25, 0.3) is 0 Å². The van der Waals surface area contributed by atoms with Crippen molar-refractivity contribution in [3.63, 3.8) is 0 Å². The van der Waals surface area contributed by atoms with E-state index in [9.17, 15) is 9.59 Å². The molecule has 0 N–H and O–H groups in total. The number of ketones is 1. The standard InChI is InChI=1S/C12H19NO2/c1-9-3-2-4-10(9)8-13-6-5-11(14)7-12(13)15/h9-10H,2-8H2,1H3. The molecule has 0 aromatic rings. The molecule has 3 nitrogen and oxygen atoms in total. The monoisotopic (exact) mass is 209 g/mol. The molecule has 0 bridgehead atoms. The van der Waals surface area contributed by atoms with Crippen LogP contribution in [0, 0.1) is 11.8 Å². The molecule has 15 heavy (non-hydrogen) atoms. The predicted octanol–water partition coefficient (Wildman–Crippen LogP) is 1.61. The van der Waals surface area contributed by atoms with Gasteiger partial charge in [-0.2, -0.15) is 0 Å². The van der Waals surface area contributed by atoms with E-state index >= 15 is 0 Å². The molecule has 1 aliphatic heterocycles. The van der Waals surface area contributed by atoms with Gasteiger partial charge in [-0.3, -0.25) is 9.59 Å². The van der Waals surface area contributed by atoms with Crippen molar-refractivity contribution in [2.75, 3.05) is 13.1 Å². The Morgan fingerprint density at radius 3 is 2.73 bits per heavy atom. The van der Waals surface area contributed by atoms with E-state index < -0.39 is 0 Å². The van der Waals surface area contributed by atoms with E-state index in [0.29, 0.717) is 18.9 Å². The SMILES string of the molecule is CC1CCCC1CN1CCC(=O)CC1=O. The second-order valence-electron chi connectivity index (χ2n) is 4.97. The van der Waals surface area contributed by atoms with Crippen molar-refractivity contribution in [2.45, 2.75) is 39.0 Å². The normalized spacial score (nSPS) is 32.5. The molecule has 0 spiro atoms. The minimum Gasteiger partial charge on any atom is -0.342 e.